The molecule has 2 aromatic rings. The van der Waals surface area contributed by atoms with Gasteiger partial charge in [0.15, 0.2) is 0 Å². The number of benzene rings is 1. The molecule has 0 aliphatic rings. The lowest BCUT2D eigenvalue weighted by Crippen LogP contribution is -2.30. The predicted molar refractivity (Wildman–Crippen MR) is 86.8 cm³/mol. The zero-order valence-corrected chi connectivity index (χ0v) is 13.1. The molecule has 0 fully saturated rings. The van der Waals surface area contributed by atoms with Crippen LogP contribution < -0.4 is 10.9 Å². The molecule has 0 bridgehead atoms. The number of hydrogen-bond acceptors (Lipinski definition) is 4. The van der Waals surface area contributed by atoms with E-state index in [0.29, 0.717) is 12.2 Å². The monoisotopic (exact) mass is 288 g/mol. The van der Waals surface area contributed by atoms with Crippen molar-refractivity contribution in [3.8, 4) is 0 Å². The van der Waals surface area contributed by atoms with Crippen LogP contribution in [0.2, 0.25) is 0 Å². The highest BCUT2D eigenvalue weighted by atomic mass is 16.1. The van der Waals surface area contributed by atoms with Gasteiger partial charge in [0.05, 0.1) is 11.0 Å². The highest BCUT2D eigenvalue weighted by Crippen LogP contribution is 2.09. The van der Waals surface area contributed by atoms with Crippen LogP contribution in [0, 0.1) is 6.92 Å². The molecule has 0 unspecified atom stereocenters. The highest BCUT2D eigenvalue weighted by Gasteiger charge is 2.06. The fourth-order valence-electron chi connectivity index (χ4n) is 2.38. The first-order chi connectivity index (χ1) is 10.1. The van der Waals surface area contributed by atoms with E-state index in [1.165, 1.54) is 0 Å². The summed E-state index contributed by atoms with van der Waals surface area (Å²) in [6, 6.07) is 7.79. The van der Waals surface area contributed by atoms with Crippen molar-refractivity contribution >= 4 is 11.0 Å². The van der Waals surface area contributed by atoms with Crippen LogP contribution in [0.25, 0.3) is 11.0 Å². The number of fused-ring (bicyclic) bond motifs is 1. The lowest BCUT2D eigenvalue weighted by atomic mass is 10.2. The van der Waals surface area contributed by atoms with E-state index in [4.69, 9.17) is 0 Å². The van der Waals surface area contributed by atoms with Crippen molar-refractivity contribution in [2.45, 2.75) is 19.9 Å². The van der Waals surface area contributed by atoms with Crippen LogP contribution >= 0.6 is 0 Å². The van der Waals surface area contributed by atoms with E-state index in [1.807, 2.05) is 28.8 Å². The number of aromatic nitrogens is 2. The molecule has 1 aromatic heterocycles. The molecule has 0 amide bonds. The summed E-state index contributed by atoms with van der Waals surface area (Å²) < 4.78 is 1.82. The fraction of sp³-hybridized carbons (Fsp3) is 0.500. The Hall–Kier alpha value is -1.72. The van der Waals surface area contributed by atoms with Crippen molar-refractivity contribution in [1.29, 1.82) is 0 Å². The van der Waals surface area contributed by atoms with Gasteiger partial charge in [-0.1, -0.05) is 12.1 Å². The van der Waals surface area contributed by atoms with Gasteiger partial charge in [-0.05, 0) is 52.7 Å². The zero-order valence-electron chi connectivity index (χ0n) is 13.1. The highest BCUT2D eigenvalue weighted by molar-refractivity contribution is 5.74. The quantitative estimate of drug-likeness (QED) is 0.779. The molecule has 114 valence electrons. The van der Waals surface area contributed by atoms with Crippen LogP contribution in [0.1, 0.15) is 12.1 Å². The molecule has 1 aromatic carbocycles. The number of nitrogens with one attached hydrogen (secondary N) is 1. The van der Waals surface area contributed by atoms with Gasteiger partial charge in [-0.2, -0.15) is 0 Å². The molecule has 5 nitrogen and oxygen atoms in total. The minimum atomic E-state index is 0.00351. The summed E-state index contributed by atoms with van der Waals surface area (Å²) in [6.45, 7) is 5.28. The summed E-state index contributed by atoms with van der Waals surface area (Å²) >= 11 is 0. The van der Waals surface area contributed by atoms with Crippen LogP contribution in [0.15, 0.2) is 29.1 Å². The largest absolute Gasteiger partial charge is 0.315 e. The topological polar surface area (TPSA) is 50.2 Å². The minimum Gasteiger partial charge on any atom is -0.315 e. The number of rotatable bonds is 7. The van der Waals surface area contributed by atoms with Crippen LogP contribution in [-0.2, 0) is 6.54 Å². The molecule has 5 heteroatoms. The number of aryl methyl sites for hydroxylation is 1. The Kier molecular flexibility index (Phi) is 5.47. The third kappa shape index (κ3) is 4.12. The average molecular weight is 288 g/mol. The van der Waals surface area contributed by atoms with E-state index in [1.54, 1.807) is 6.92 Å². The van der Waals surface area contributed by atoms with Crippen LogP contribution in [-0.4, -0.2) is 48.2 Å². The second-order valence-corrected chi connectivity index (χ2v) is 5.55. The van der Waals surface area contributed by atoms with E-state index >= 15 is 0 Å². The van der Waals surface area contributed by atoms with Gasteiger partial charge in [0.25, 0.3) is 5.56 Å². The molecule has 1 N–H and O–H groups in total. The van der Waals surface area contributed by atoms with Crippen molar-refractivity contribution in [3.05, 3.63) is 40.3 Å². The number of hydrogen-bond donors (Lipinski definition) is 1. The lowest BCUT2D eigenvalue weighted by Gasteiger charge is -2.12. The zero-order chi connectivity index (χ0) is 15.2. The van der Waals surface area contributed by atoms with E-state index in [9.17, 15) is 4.79 Å². The van der Waals surface area contributed by atoms with Gasteiger partial charge in [-0.3, -0.25) is 4.79 Å². The molecule has 1 heterocycles. The van der Waals surface area contributed by atoms with E-state index in [2.05, 4.69) is 29.3 Å². The molecule has 0 aliphatic carbocycles. The van der Waals surface area contributed by atoms with Gasteiger partial charge in [0.2, 0.25) is 0 Å². The molecular weight excluding hydrogens is 264 g/mol. The molecule has 0 saturated heterocycles. The molecule has 0 radical (unpaired) electrons. The fourth-order valence-corrected chi connectivity index (χ4v) is 2.38. The molecule has 0 spiro atoms. The molecule has 0 atom stereocenters. The van der Waals surface area contributed by atoms with Crippen molar-refractivity contribution in [3.63, 3.8) is 0 Å². The molecular formula is C16H24N4O. The first-order valence-electron chi connectivity index (χ1n) is 7.41. The van der Waals surface area contributed by atoms with Crippen LogP contribution in [0.4, 0.5) is 0 Å². The van der Waals surface area contributed by atoms with Gasteiger partial charge < -0.3 is 14.8 Å². The standard InChI is InChI=1S/C16H24N4O/c1-13-16(21)20(12-10-17-9-6-11-19(2)3)15-8-5-4-7-14(15)18-13/h4-5,7-8,17H,6,9-12H2,1-3H3. The molecule has 0 aliphatic heterocycles. The van der Waals surface area contributed by atoms with Gasteiger partial charge in [-0.15, -0.1) is 0 Å². The predicted octanol–water partition coefficient (Wildman–Crippen LogP) is 1.25. The molecule has 2 rings (SSSR count). The Balaban J connectivity index is 2.01. The van der Waals surface area contributed by atoms with Crippen molar-refractivity contribution in [2.75, 3.05) is 33.7 Å². The van der Waals surface area contributed by atoms with Gasteiger partial charge in [-0.25, -0.2) is 4.98 Å². The summed E-state index contributed by atoms with van der Waals surface area (Å²) in [5.74, 6) is 0. The normalized spacial score (nSPS) is 11.4. The summed E-state index contributed by atoms with van der Waals surface area (Å²) in [5, 5.41) is 3.39. The van der Waals surface area contributed by atoms with E-state index in [-0.39, 0.29) is 5.56 Å². The lowest BCUT2D eigenvalue weighted by molar-refractivity contribution is 0.393. The average Bonchev–Trinajstić information content (AvgIpc) is 2.46. The van der Waals surface area contributed by atoms with E-state index in [0.717, 1.165) is 37.1 Å². The first kappa shape index (κ1) is 15.7. The Morgan fingerprint density at radius 3 is 2.76 bits per heavy atom. The maximum absolute atomic E-state index is 12.3. The second-order valence-electron chi connectivity index (χ2n) is 5.55. The summed E-state index contributed by atoms with van der Waals surface area (Å²) in [4.78, 5) is 18.8. The Bertz CT molecular complexity index is 648. The third-order valence-electron chi connectivity index (χ3n) is 3.49. The number of para-hydroxylation sites is 2. The third-order valence-corrected chi connectivity index (χ3v) is 3.49. The molecule has 21 heavy (non-hydrogen) atoms. The van der Waals surface area contributed by atoms with Crippen LogP contribution in [0.3, 0.4) is 0 Å². The summed E-state index contributed by atoms with van der Waals surface area (Å²) in [6.07, 6.45) is 1.11. The number of nitrogens with zero attached hydrogens (tertiary/aromatic N) is 3. The van der Waals surface area contributed by atoms with Gasteiger partial charge in [0.1, 0.15) is 5.69 Å². The second kappa shape index (κ2) is 7.33. The van der Waals surface area contributed by atoms with Crippen molar-refractivity contribution in [1.82, 2.24) is 19.8 Å². The van der Waals surface area contributed by atoms with Crippen LogP contribution in [0.5, 0.6) is 0 Å². The SMILES string of the molecule is Cc1nc2ccccc2n(CCNCCCN(C)C)c1=O. The van der Waals surface area contributed by atoms with Gasteiger partial charge >= 0.3 is 0 Å². The minimum absolute atomic E-state index is 0.00351. The smallest absolute Gasteiger partial charge is 0.272 e. The van der Waals surface area contributed by atoms with Crippen molar-refractivity contribution in [2.24, 2.45) is 0 Å². The maximum atomic E-state index is 12.3. The van der Waals surface area contributed by atoms with E-state index < -0.39 is 0 Å². The maximum Gasteiger partial charge on any atom is 0.272 e. The Morgan fingerprint density at radius 1 is 1.24 bits per heavy atom. The van der Waals surface area contributed by atoms with Crippen molar-refractivity contribution < 1.29 is 0 Å². The summed E-state index contributed by atoms with van der Waals surface area (Å²) in [7, 11) is 4.15. The van der Waals surface area contributed by atoms with Gasteiger partial charge in [0, 0.05) is 13.1 Å². The molecule has 0 saturated carbocycles. The first-order valence-corrected chi connectivity index (χ1v) is 7.41. The summed E-state index contributed by atoms with van der Waals surface area (Å²) in [5.41, 5.74) is 2.34. The Morgan fingerprint density at radius 2 is 2.00 bits per heavy atom. The Labute approximate surface area is 125 Å².